The standard InChI is InChI=1S/C20H26N4O4/c1-15-11-17(21-22(15)2)20(25)24(6-5-23-7-9-26-10-8-23)13-16-3-4-18-19(12-16)28-14-27-18/h3-4,11-12H,5-10,13-14H2,1-2H3. The van der Waals surface area contributed by atoms with E-state index in [1.54, 1.807) is 4.68 Å². The van der Waals surface area contributed by atoms with Gasteiger partial charge in [0, 0.05) is 45.5 Å². The van der Waals surface area contributed by atoms with Crippen LogP contribution in [-0.4, -0.2) is 71.7 Å². The minimum Gasteiger partial charge on any atom is -0.454 e. The first-order chi connectivity index (χ1) is 13.6. The number of ether oxygens (including phenoxy) is 3. The van der Waals surface area contributed by atoms with E-state index in [1.165, 1.54) is 0 Å². The fraction of sp³-hybridized carbons (Fsp3) is 0.500. The Balaban J connectivity index is 1.50. The van der Waals surface area contributed by atoms with Crippen molar-refractivity contribution in [1.82, 2.24) is 19.6 Å². The van der Waals surface area contributed by atoms with Gasteiger partial charge in [-0.25, -0.2) is 0 Å². The number of hydrogen-bond acceptors (Lipinski definition) is 6. The molecule has 0 unspecified atom stereocenters. The van der Waals surface area contributed by atoms with Gasteiger partial charge in [-0.05, 0) is 30.7 Å². The van der Waals surface area contributed by atoms with Crippen LogP contribution < -0.4 is 9.47 Å². The maximum Gasteiger partial charge on any atom is 0.274 e. The number of benzene rings is 1. The summed E-state index contributed by atoms with van der Waals surface area (Å²) in [5.41, 5.74) is 2.44. The SMILES string of the molecule is Cc1cc(C(=O)N(CCN2CCOCC2)Cc2ccc3c(c2)OCO3)nn1C. The molecule has 1 amide bonds. The van der Waals surface area contributed by atoms with Crippen molar-refractivity contribution in [2.24, 2.45) is 7.05 Å². The number of nitrogens with zero attached hydrogens (tertiary/aromatic N) is 4. The zero-order valence-corrected chi connectivity index (χ0v) is 16.4. The van der Waals surface area contributed by atoms with Gasteiger partial charge in [0.05, 0.1) is 13.2 Å². The molecule has 0 atom stereocenters. The number of aromatic nitrogens is 2. The van der Waals surface area contributed by atoms with Crippen molar-refractivity contribution in [1.29, 1.82) is 0 Å². The summed E-state index contributed by atoms with van der Waals surface area (Å²) >= 11 is 0. The van der Waals surface area contributed by atoms with Gasteiger partial charge in [0.15, 0.2) is 17.2 Å². The molecule has 8 nitrogen and oxygen atoms in total. The van der Waals surface area contributed by atoms with Crippen LogP contribution in [0.1, 0.15) is 21.7 Å². The summed E-state index contributed by atoms with van der Waals surface area (Å²) in [6, 6.07) is 7.66. The van der Waals surface area contributed by atoms with Gasteiger partial charge in [-0.3, -0.25) is 14.4 Å². The molecule has 0 spiro atoms. The Bertz CT molecular complexity index is 825. The minimum atomic E-state index is -0.0605. The fourth-order valence-corrected chi connectivity index (χ4v) is 3.43. The normalized spacial score (nSPS) is 16.4. The van der Waals surface area contributed by atoms with Crippen molar-refractivity contribution in [3.63, 3.8) is 0 Å². The Hall–Kier alpha value is -2.58. The molecule has 1 fully saturated rings. The number of aryl methyl sites for hydroxylation is 2. The van der Waals surface area contributed by atoms with Crippen molar-refractivity contribution in [2.45, 2.75) is 13.5 Å². The maximum absolute atomic E-state index is 13.2. The number of carbonyl (C=O) groups excluding carboxylic acids is 1. The van der Waals surface area contributed by atoms with E-state index >= 15 is 0 Å². The minimum absolute atomic E-state index is 0.0605. The first-order valence-corrected chi connectivity index (χ1v) is 9.59. The van der Waals surface area contributed by atoms with E-state index in [9.17, 15) is 4.79 Å². The Kier molecular flexibility index (Phi) is 5.50. The number of morpholine rings is 1. The lowest BCUT2D eigenvalue weighted by Gasteiger charge is -2.30. The Labute approximate surface area is 164 Å². The van der Waals surface area contributed by atoms with Crippen LogP contribution in [0.15, 0.2) is 24.3 Å². The van der Waals surface area contributed by atoms with Gasteiger partial charge < -0.3 is 19.1 Å². The van der Waals surface area contributed by atoms with Crippen molar-refractivity contribution >= 4 is 5.91 Å². The van der Waals surface area contributed by atoms with Crippen LogP contribution in [0.4, 0.5) is 0 Å². The third kappa shape index (κ3) is 4.13. The largest absolute Gasteiger partial charge is 0.454 e. The quantitative estimate of drug-likeness (QED) is 0.748. The molecule has 1 aromatic heterocycles. The second-order valence-electron chi connectivity index (χ2n) is 7.16. The van der Waals surface area contributed by atoms with E-state index in [0.717, 1.165) is 55.6 Å². The number of fused-ring (bicyclic) bond motifs is 1. The molecule has 0 N–H and O–H groups in total. The van der Waals surface area contributed by atoms with E-state index in [1.807, 2.05) is 43.1 Å². The number of carbonyl (C=O) groups is 1. The van der Waals surface area contributed by atoms with E-state index in [2.05, 4.69) is 10.00 Å². The molecule has 8 heteroatoms. The van der Waals surface area contributed by atoms with Crippen molar-refractivity contribution in [3.8, 4) is 11.5 Å². The average molecular weight is 386 g/mol. The lowest BCUT2D eigenvalue weighted by molar-refractivity contribution is 0.0319. The first kappa shape index (κ1) is 18.8. The van der Waals surface area contributed by atoms with Gasteiger partial charge in [-0.1, -0.05) is 6.07 Å². The Morgan fingerprint density at radius 2 is 1.96 bits per heavy atom. The van der Waals surface area contributed by atoms with Crippen LogP contribution in [0.5, 0.6) is 11.5 Å². The summed E-state index contributed by atoms with van der Waals surface area (Å²) in [7, 11) is 1.85. The monoisotopic (exact) mass is 386 g/mol. The molecule has 150 valence electrons. The number of rotatable bonds is 6. The summed E-state index contributed by atoms with van der Waals surface area (Å²) < 4.78 is 18.0. The van der Waals surface area contributed by atoms with Gasteiger partial charge in [0.2, 0.25) is 6.79 Å². The topological polar surface area (TPSA) is 69.1 Å². The first-order valence-electron chi connectivity index (χ1n) is 9.59. The second-order valence-corrected chi connectivity index (χ2v) is 7.16. The highest BCUT2D eigenvalue weighted by molar-refractivity contribution is 5.92. The third-order valence-corrected chi connectivity index (χ3v) is 5.22. The highest BCUT2D eigenvalue weighted by atomic mass is 16.7. The van der Waals surface area contributed by atoms with Crippen LogP contribution in [0.3, 0.4) is 0 Å². The van der Waals surface area contributed by atoms with E-state index in [-0.39, 0.29) is 12.7 Å². The molecule has 2 aliphatic heterocycles. The summed E-state index contributed by atoms with van der Waals surface area (Å²) in [6.07, 6.45) is 0. The molecular formula is C20H26N4O4. The van der Waals surface area contributed by atoms with Gasteiger partial charge >= 0.3 is 0 Å². The summed E-state index contributed by atoms with van der Waals surface area (Å²) in [5, 5.41) is 4.37. The van der Waals surface area contributed by atoms with Crippen LogP contribution >= 0.6 is 0 Å². The van der Waals surface area contributed by atoms with E-state index in [4.69, 9.17) is 14.2 Å². The average Bonchev–Trinajstić information content (AvgIpc) is 3.31. The van der Waals surface area contributed by atoms with Crippen molar-refractivity contribution in [2.75, 3.05) is 46.2 Å². The molecule has 4 rings (SSSR count). The number of hydrogen-bond donors (Lipinski definition) is 0. The van der Waals surface area contributed by atoms with Gasteiger partial charge in [0.1, 0.15) is 0 Å². The second kappa shape index (κ2) is 8.20. The predicted molar refractivity (Wildman–Crippen MR) is 103 cm³/mol. The Morgan fingerprint density at radius 3 is 2.71 bits per heavy atom. The molecule has 28 heavy (non-hydrogen) atoms. The highest BCUT2D eigenvalue weighted by Crippen LogP contribution is 2.32. The molecule has 0 bridgehead atoms. The molecule has 2 aliphatic rings. The predicted octanol–water partition coefficient (Wildman–Crippen LogP) is 1.43. The molecule has 1 aromatic carbocycles. The molecule has 0 radical (unpaired) electrons. The lowest BCUT2D eigenvalue weighted by atomic mass is 10.1. The number of amides is 1. The zero-order chi connectivity index (χ0) is 19.5. The van der Waals surface area contributed by atoms with Crippen LogP contribution in [0.25, 0.3) is 0 Å². The van der Waals surface area contributed by atoms with Crippen molar-refractivity contribution in [3.05, 3.63) is 41.2 Å². The molecule has 0 saturated carbocycles. The Morgan fingerprint density at radius 1 is 1.18 bits per heavy atom. The summed E-state index contributed by atoms with van der Waals surface area (Å²) in [6.45, 7) is 7.41. The summed E-state index contributed by atoms with van der Waals surface area (Å²) in [4.78, 5) is 17.4. The van der Waals surface area contributed by atoms with Crippen LogP contribution in [-0.2, 0) is 18.3 Å². The van der Waals surface area contributed by atoms with E-state index < -0.39 is 0 Å². The maximum atomic E-state index is 13.2. The van der Waals surface area contributed by atoms with Gasteiger partial charge in [-0.15, -0.1) is 0 Å². The summed E-state index contributed by atoms with van der Waals surface area (Å²) in [5.74, 6) is 1.41. The highest BCUT2D eigenvalue weighted by Gasteiger charge is 2.22. The fourth-order valence-electron chi connectivity index (χ4n) is 3.43. The lowest BCUT2D eigenvalue weighted by Crippen LogP contribution is -2.43. The van der Waals surface area contributed by atoms with E-state index in [0.29, 0.717) is 18.8 Å². The zero-order valence-electron chi connectivity index (χ0n) is 16.4. The molecular weight excluding hydrogens is 360 g/mol. The molecule has 2 aromatic rings. The van der Waals surface area contributed by atoms with Crippen LogP contribution in [0.2, 0.25) is 0 Å². The van der Waals surface area contributed by atoms with Gasteiger partial charge in [0.25, 0.3) is 5.91 Å². The van der Waals surface area contributed by atoms with Crippen molar-refractivity contribution < 1.29 is 19.0 Å². The molecule has 0 aliphatic carbocycles. The third-order valence-electron chi connectivity index (χ3n) is 5.22. The molecule has 3 heterocycles. The molecule has 1 saturated heterocycles. The van der Waals surface area contributed by atoms with Crippen LogP contribution in [0, 0.1) is 6.92 Å². The van der Waals surface area contributed by atoms with Gasteiger partial charge in [-0.2, -0.15) is 5.10 Å². The smallest absolute Gasteiger partial charge is 0.274 e.